The van der Waals surface area contributed by atoms with E-state index in [1.165, 1.54) is 0 Å². The van der Waals surface area contributed by atoms with Gasteiger partial charge < -0.3 is 10.6 Å². The fourth-order valence-corrected chi connectivity index (χ4v) is 3.59. The second-order valence-electron chi connectivity index (χ2n) is 6.95. The van der Waals surface area contributed by atoms with Crippen molar-refractivity contribution in [3.8, 4) is 0 Å². The number of anilines is 1. The molecule has 0 radical (unpaired) electrons. The van der Waals surface area contributed by atoms with Crippen LogP contribution in [0.4, 0.5) is 5.82 Å². The van der Waals surface area contributed by atoms with E-state index in [0.717, 1.165) is 10.4 Å². The number of hydrogen-bond acceptors (Lipinski definition) is 4. The number of nitrogens with one attached hydrogen (secondary N) is 2. The molecule has 0 fully saturated rings. The average molecular weight is 397 g/mol. The summed E-state index contributed by atoms with van der Waals surface area (Å²) in [5, 5.41) is 12.1. The molecule has 0 aliphatic heterocycles. The van der Waals surface area contributed by atoms with Crippen LogP contribution < -0.4 is 10.6 Å². The average Bonchev–Trinajstić information content (AvgIpc) is 3.32. The number of carbonyl (C=O) groups excluding carboxylic acids is 2. The molecular weight excluding hydrogens is 372 g/mol. The van der Waals surface area contributed by atoms with Gasteiger partial charge in [-0.05, 0) is 35.9 Å². The van der Waals surface area contributed by atoms with Crippen LogP contribution in [0, 0.1) is 12.8 Å². The van der Waals surface area contributed by atoms with Crippen LogP contribution in [-0.4, -0.2) is 27.6 Å². The van der Waals surface area contributed by atoms with Gasteiger partial charge in [-0.1, -0.05) is 38.1 Å². The van der Waals surface area contributed by atoms with Gasteiger partial charge in [0.05, 0.1) is 12.7 Å². The monoisotopic (exact) mass is 396 g/mol. The van der Waals surface area contributed by atoms with Gasteiger partial charge in [0.2, 0.25) is 5.91 Å². The number of aromatic nitrogens is 2. The van der Waals surface area contributed by atoms with Crippen LogP contribution in [0.25, 0.3) is 0 Å². The summed E-state index contributed by atoms with van der Waals surface area (Å²) in [5.41, 5.74) is 1.45. The maximum atomic E-state index is 12.9. The highest BCUT2D eigenvalue weighted by Gasteiger charge is 2.26. The number of amides is 2. The van der Waals surface area contributed by atoms with E-state index in [1.54, 1.807) is 34.3 Å². The lowest BCUT2D eigenvalue weighted by Crippen LogP contribution is -2.47. The summed E-state index contributed by atoms with van der Waals surface area (Å²) in [5.74, 6) is 0.0275. The van der Waals surface area contributed by atoms with Crippen molar-refractivity contribution in [1.29, 1.82) is 0 Å². The van der Waals surface area contributed by atoms with Crippen molar-refractivity contribution in [1.82, 2.24) is 15.1 Å². The number of benzene rings is 1. The second-order valence-corrected chi connectivity index (χ2v) is 7.99. The van der Waals surface area contributed by atoms with Gasteiger partial charge in [0.15, 0.2) is 0 Å². The highest BCUT2D eigenvalue weighted by Crippen LogP contribution is 2.16. The minimum absolute atomic E-state index is 0.0679. The summed E-state index contributed by atoms with van der Waals surface area (Å²) in [6, 6.07) is 12.4. The van der Waals surface area contributed by atoms with Crippen molar-refractivity contribution >= 4 is 29.0 Å². The molecule has 146 valence electrons. The van der Waals surface area contributed by atoms with E-state index in [0.29, 0.717) is 17.9 Å². The predicted molar refractivity (Wildman–Crippen MR) is 112 cm³/mol. The third kappa shape index (κ3) is 4.67. The first-order valence-electron chi connectivity index (χ1n) is 9.17. The van der Waals surface area contributed by atoms with Crippen molar-refractivity contribution in [2.75, 3.05) is 5.32 Å². The number of rotatable bonds is 7. The van der Waals surface area contributed by atoms with Gasteiger partial charge in [0.25, 0.3) is 5.91 Å². The van der Waals surface area contributed by atoms with Crippen molar-refractivity contribution in [2.45, 2.75) is 33.4 Å². The molecule has 6 nitrogen and oxygen atoms in total. The number of hydrogen-bond donors (Lipinski definition) is 2. The Morgan fingerprint density at radius 2 is 1.93 bits per heavy atom. The highest BCUT2D eigenvalue weighted by atomic mass is 32.1. The maximum absolute atomic E-state index is 12.9. The Bertz CT molecular complexity index is 947. The minimum atomic E-state index is -0.655. The molecule has 0 saturated heterocycles. The SMILES string of the molecule is Cc1ccccc1C(=O)N[C@H](C(=O)Nc1ccnn1Cc1cccs1)C(C)C. The number of carbonyl (C=O) groups is 2. The Labute approximate surface area is 168 Å². The van der Waals surface area contributed by atoms with Crippen LogP contribution in [-0.2, 0) is 11.3 Å². The van der Waals surface area contributed by atoms with Crippen molar-refractivity contribution in [2.24, 2.45) is 5.92 Å². The minimum Gasteiger partial charge on any atom is -0.340 e. The zero-order valence-corrected chi connectivity index (χ0v) is 17.0. The quantitative estimate of drug-likeness (QED) is 0.639. The summed E-state index contributed by atoms with van der Waals surface area (Å²) in [6.07, 6.45) is 1.65. The summed E-state index contributed by atoms with van der Waals surface area (Å²) in [4.78, 5) is 26.7. The van der Waals surface area contributed by atoms with E-state index in [2.05, 4.69) is 15.7 Å². The van der Waals surface area contributed by atoms with E-state index in [1.807, 2.05) is 56.5 Å². The number of thiophene rings is 1. The summed E-state index contributed by atoms with van der Waals surface area (Å²) < 4.78 is 1.74. The Balaban J connectivity index is 1.71. The first-order valence-corrected chi connectivity index (χ1v) is 10.0. The third-order valence-electron chi connectivity index (χ3n) is 4.48. The Kier molecular flexibility index (Phi) is 6.26. The molecule has 7 heteroatoms. The molecule has 2 N–H and O–H groups in total. The molecule has 0 bridgehead atoms. The molecule has 0 saturated carbocycles. The lowest BCUT2D eigenvalue weighted by Gasteiger charge is -2.22. The summed E-state index contributed by atoms with van der Waals surface area (Å²) in [6.45, 7) is 6.28. The van der Waals surface area contributed by atoms with Crippen molar-refractivity contribution in [3.63, 3.8) is 0 Å². The van der Waals surface area contributed by atoms with E-state index in [4.69, 9.17) is 0 Å². The zero-order chi connectivity index (χ0) is 20.1. The normalized spacial score (nSPS) is 12.0. The molecule has 3 rings (SSSR count). The molecule has 0 aliphatic carbocycles. The van der Waals surface area contributed by atoms with Gasteiger partial charge >= 0.3 is 0 Å². The van der Waals surface area contributed by atoms with Crippen molar-refractivity contribution in [3.05, 3.63) is 70.0 Å². The fraction of sp³-hybridized carbons (Fsp3) is 0.286. The molecule has 2 aromatic heterocycles. The Morgan fingerprint density at radius 3 is 2.61 bits per heavy atom. The molecule has 2 heterocycles. The molecule has 1 aromatic carbocycles. The molecular formula is C21H24N4O2S. The second kappa shape index (κ2) is 8.84. The van der Waals surface area contributed by atoms with Gasteiger partial charge in [-0.25, -0.2) is 4.68 Å². The third-order valence-corrected chi connectivity index (χ3v) is 5.34. The van der Waals surface area contributed by atoms with Crippen molar-refractivity contribution < 1.29 is 9.59 Å². The lowest BCUT2D eigenvalue weighted by atomic mass is 10.0. The first-order chi connectivity index (χ1) is 13.5. The van der Waals surface area contributed by atoms with Gasteiger partial charge in [-0.15, -0.1) is 11.3 Å². The smallest absolute Gasteiger partial charge is 0.252 e. The van der Waals surface area contributed by atoms with Gasteiger partial charge in [-0.2, -0.15) is 5.10 Å². The van der Waals surface area contributed by atoms with Crippen LogP contribution in [0.15, 0.2) is 54.0 Å². The highest BCUT2D eigenvalue weighted by molar-refractivity contribution is 7.09. The van der Waals surface area contributed by atoms with Gasteiger partial charge in [-0.3, -0.25) is 9.59 Å². The van der Waals surface area contributed by atoms with Gasteiger partial charge in [0, 0.05) is 16.5 Å². The molecule has 0 spiro atoms. The van der Waals surface area contributed by atoms with Crippen LogP contribution in [0.3, 0.4) is 0 Å². The molecule has 1 atom stereocenters. The zero-order valence-electron chi connectivity index (χ0n) is 16.2. The fourth-order valence-electron chi connectivity index (χ4n) is 2.90. The molecule has 0 unspecified atom stereocenters. The molecule has 0 aliphatic rings. The number of aryl methyl sites for hydroxylation is 1. The maximum Gasteiger partial charge on any atom is 0.252 e. The van der Waals surface area contributed by atoms with Gasteiger partial charge in [0.1, 0.15) is 11.9 Å². The Hall–Kier alpha value is -2.93. The molecule has 28 heavy (non-hydrogen) atoms. The summed E-state index contributed by atoms with van der Waals surface area (Å²) in [7, 11) is 0. The molecule has 2 amide bonds. The Morgan fingerprint density at radius 1 is 1.14 bits per heavy atom. The van der Waals surface area contributed by atoms with Crippen LogP contribution >= 0.6 is 11.3 Å². The van der Waals surface area contributed by atoms with E-state index in [-0.39, 0.29) is 17.7 Å². The predicted octanol–water partition coefficient (Wildman–Crippen LogP) is 3.69. The lowest BCUT2D eigenvalue weighted by molar-refractivity contribution is -0.118. The largest absolute Gasteiger partial charge is 0.340 e. The number of nitrogens with zero attached hydrogens (tertiary/aromatic N) is 2. The first kappa shape index (κ1) is 19.8. The van der Waals surface area contributed by atoms with Crippen LogP contribution in [0.1, 0.15) is 34.6 Å². The van der Waals surface area contributed by atoms with E-state index >= 15 is 0 Å². The van der Waals surface area contributed by atoms with Crippen LogP contribution in [0.5, 0.6) is 0 Å². The topological polar surface area (TPSA) is 76.0 Å². The molecule has 3 aromatic rings. The van der Waals surface area contributed by atoms with E-state index in [9.17, 15) is 9.59 Å². The summed E-state index contributed by atoms with van der Waals surface area (Å²) >= 11 is 1.64. The standard InChI is InChI=1S/C21H24N4O2S/c1-14(2)19(24-20(26)17-9-5-4-7-15(17)3)21(27)23-18-10-11-22-25(18)13-16-8-6-12-28-16/h4-12,14,19H,13H2,1-3H3,(H,23,27)(H,24,26)/t19-/m0/s1. The van der Waals surface area contributed by atoms with Crippen LogP contribution in [0.2, 0.25) is 0 Å². The van der Waals surface area contributed by atoms with E-state index < -0.39 is 6.04 Å².